The summed E-state index contributed by atoms with van der Waals surface area (Å²) in [4.78, 5) is 0. The molecule has 0 aromatic heterocycles. The molecule has 20 heavy (non-hydrogen) atoms. The second kappa shape index (κ2) is 13.6. The molecule has 0 amide bonds. The van der Waals surface area contributed by atoms with Crippen LogP contribution in [0.25, 0.3) is 0 Å². The highest BCUT2D eigenvalue weighted by Crippen LogP contribution is 2.17. The zero-order valence-corrected chi connectivity index (χ0v) is 14.4. The summed E-state index contributed by atoms with van der Waals surface area (Å²) in [5.41, 5.74) is 1.51. The smallest absolute Gasteiger partial charge is 0.0242 e. The predicted molar refractivity (Wildman–Crippen MR) is 95.4 cm³/mol. The van der Waals surface area contributed by atoms with Gasteiger partial charge in [0.05, 0.1) is 0 Å². The Morgan fingerprint density at radius 2 is 1.30 bits per heavy atom. The molecule has 1 aromatic rings. The summed E-state index contributed by atoms with van der Waals surface area (Å²) >= 11 is 0. The first-order chi connectivity index (χ1) is 9.93. The zero-order chi connectivity index (χ0) is 14.3. The minimum Gasteiger partial charge on any atom is -0.122 e. The summed E-state index contributed by atoms with van der Waals surface area (Å²) in [6.45, 7) is 2.29. The molecule has 0 spiro atoms. The van der Waals surface area contributed by atoms with Gasteiger partial charge in [0.2, 0.25) is 0 Å². The molecule has 1 unspecified atom stereocenters. The van der Waals surface area contributed by atoms with Crippen LogP contribution < -0.4 is 0 Å². The van der Waals surface area contributed by atoms with Crippen LogP contribution in [0.5, 0.6) is 0 Å². The maximum Gasteiger partial charge on any atom is -0.0242 e. The summed E-state index contributed by atoms with van der Waals surface area (Å²) in [6, 6.07) is 10.9. The molecule has 1 atom stereocenters. The van der Waals surface area contributed by atoms with E-state index in [1.807, 2.05) is 0 Å². The largest absolute Gasteiger partial charge is 0.122 e. The van der Waals surface area contributed by atoms with Gasteiger partial charge in [0.1, 0.15) is 0 Å². The second-order valence-electron chi connectivity index (χ2n) is 5.81. The number of rotatable bonds is 13. The second-order valence-corrected chi connectivity index (χ2v) is 7.31. The molecule has 0 aliphatic carbocycles. The van der Waals surface area contributed by atoms with Crippen LogP contribution in [0, 0.1) is 0 Å². The molecule has 0 saturated heterocycles. The van der Waals surface area contributed by atoms with Gasteiger partial charge in [-0.3, -0.25) is 0 Å². The quantitative estimate of drug-likeness (QED) is 0.290. The lowest BCUT2D eigenvalue weighted by Gasteiger charge is -2.03. The number of unbranched alkanes of at least 4 members (excludes halogenated alkanes) is 8. The molecule has 1 aromatic carbocycles. The van der Waals surface area contributed by atoms with Crippen LogP contribution in [0.15, 0.2) is 30.3 Å². The molecule has 0 fully saturated rings. The van der Waals surface area contributed by atoms with Crippen molar-refractivity contribution < 1.29 is 0 Å². The fourth-order valence-electron chi connectivity index (χ4n) is 2.56. The van der Waals surface area contributed by atoms with E-state index in [9.17, 15) is 0 Å². The molecule has 0 nitrogen and oxygen atoms in total. The first kappa shape index (κ1) is 17.7. The Kier molecular flexibility index (Phi) is 12.1. The normalized spacial score (nSPS) is 11.4. The molecule has 1 rings (SSSR count). The third kappa shape index (κ3) is 10.4. The SMILES string of the molecule is CCCCCCCCCCCPCCc1ccccc1. The molecular weight excluding hydrogens is 259 g/mol. The highest BCUT2D eigenvalue weighted by molar-refractivity contribution is 7.37. The standard InChI is InChI=1S/C19H33P/c1-2-3-4-5-6-7-8-9-13-17-20-18-16-19-14-11-10-12-15-19/h10-12,14-15,20H,2-9,13,16-18H2,1H3. The summed E-state index contributed by atoms with van der Waals surface area (Å²) in [5.74, 6) is 0. The Labute approximate surface area is 128 Å². The van der Waals surface area contributed by atoms with E-state index >= 15 is 0 Å². The van der Waals surface area contributed by atoms with E-state index in [2.05, 4.69) is 37.3 Å². The molecule has 0 bridgehead atoms. The van der Waals surface area contributed by atoms with Gasteiger partial charge in [0.25, 0.3) is 0 Å². The van der Waals surface area contributed by atoms with Crippen LogP contribution in [0.4, 0.5) is 0 Å². The van der Waals surface area contributed by atoms with Crippen LogP contribution in [0.1, 0.15) is 70.3 Å². The van der Waals surface area contributed by atoms with Crippen molar-refractivity contribution in [1.82, 2.24) is 0 Å². The van der Waals surface area contributed by atoms with Gasteiger partial charge in [-0.15, -0.1) is 8.58 Å². The lowest BCUT2D eigenvalue weighted by molar-refractivity contribution is 0.573. The maximum atomic E-state index is 2.29. The van der Waals surface area contributed by atoms with E-state index in [-0.39, 0.29) is 0 Å². The van der Waals surface area contributed by atoms with Gasteiger partial charge in [-0.2, -0.15) is 0 Å². The van der Waals surface area contributed by atoms with E-state index < -0.39 is 0 Å². The Hall–Kier alpha value is -0.350. The molecular formula is C19H33P. The number of hydrogen-bond acceptors (Lipinski definition) is 0. The van der Waals surface area contributed by atoms with Gasteiger partial charge in [0, 0.05) is 0 Å². The summed E-state index contributed by atoms with van der Waals surface area (Å²) in [5, 5.41) is 0. The average Bonchev–Trinajstić information content (AvgIpc) is 2.49. The first-order valence-corrected chi connectivity index (χ1v) is 10.1. The average molecular weight is 292 g/mol. The number of benzene rings is 1. The van der Waals surface area contributed by atoms with Crippen molar-refractivity contribution in [2.75, 3.05) is 12.3 Å². The maximum absolute atomic E-state index is 2.29. The van der Waals surface area contributed by atoms with Crippen LogP contribution in [0.3, 0.4) is 0 Å². The van der Waals surface area contributed by atoms with Crippen molar-refractivity contribution in [2.45, 2.75) is 71.1 Å². The monoisotopic (exact) mass is 292 g/mol. The van der Waals surface area contributed by atoms with Crippen LogP contribution in [-0.2, 0) is 6.42 Å². The van der Waals surface area contributed by atoms with Gasteiger partial charge < -0.3 is 0 Å². The van der Waals surface area contributed by atoms with Crippen molar-refractivity contribution >= 4 is 8.58 Å². The van der Waals surface area contributed by atoms with Gasteiger partial charge in [-0.1, -0.05) is 88.6 Å². The first-order valence-electron chi connectivity index (χ1n) is 8.68. The summed E-state index contributed by atoms with van der Waals surface area (Å²) in [6.07, 6.45) is 17.2. The van der Waals surface area contributed by atoms with E-state index in [0.717, 1.165) is 0 Å². The fourth-order valence-corrected chi connectivity index (χ4v) is 3.78. The molecule has 114 valence electrons. The molecule has 0 N–H and O–H groups in total. The van der Waals surface area contributed by atoms with Crippen molar-refractivity contribution in [3.05, 3.63) is 35.9 Å². The van der Waals surface area contributed by atoms with Gasteiger partial charge >= 0.3 is 0 Å². The van der Waals surface area contributed by atoms with E-state index in [0.29, 0.717) is 0 Å². The highest BCUT2D eigenvalue weighted by Gasteiger charge is 1.94. The molecule has 1 heteroatoms. The van der Waals surface area contributed by atoms with E-state index in [4.69, 9.17) is 0 Å². The minimum atomic E-state index is 1.17. The fraction of sp³-hybridized carbons (Fsp3) is 0.684. The van der Waals surface area contributed by atoms with Gasteiger partial charge in [-0.25, -0.2) is 0 Å². The van der Waals surface area contributed by atoms with Gasteiger partial charge in [-0.05, 0) is 30.7 Å². The van der Waals surface area contributed by atoms with E-state index in [1.54, 1.807) is 0 Å². The third-order valence-corrected chi connectivity index (χ3v) is 5.20. The van der Waals surface area contributed by atoms with Crippen molar-refractivity contribution in [3.8, 4) is 0 Å². The minimum absolute atomic E-state index is 1.17. The number of aryl methyl sites for hydroxylation is 1. The lowest BCUT2D eigenvalue weighted by Crippen LogP contribution is -1.88. The Balaban J connectivity index is 1.77. The zero-order valence-electron chi connectivity index (χ0n) is 13.4. The van der Waals surface area contributed by atoms with Gasteiger partial charge in [0.15, 0.2) is 0 Å². The Morgan fingerprint density at radius 3 is 1.95 bits per heavy atom. The molecule has 0 heterocycles. The predicted octanol–water partition coefficient (Wildman–Crippen LogP) is 6.44. The third-order valence-electron chi connectivity index (χ3n) is 3.89. The van der Waals surface area contributed by atoms with Crippen LogP contribution in [0.2, 0.25) is 0 Å². The highest BCUT2D eigenvalue weighted by atomic mass is 31.1. The van der Waals surface area contributed by atoms with Crippen molar-refractivity contribution in [2.24, 2.45) is 0 Å². The summed E-state index contributed by atoms with van der Waals surface area (Å²) < 4.78 is 0. The number of hydrogen-bond donors (Lipinski definition) is 0. The van der Waals surface area contributed by atoms with Crippen molar-refractivity contribution in [1.29, 1.82) is 0 Å². The molecule has 0 aliphatic heterocycles. The van der Waals surface area contributed by atoms with Crippen LogP contribution in [-0.4, -0.2) is 12.3 Å². The van der Waals surface area contributed by atoms with E-state index in [1.165, 1.54) is 90.7 Å². The molecule has 0 aliphatic rings. The molecule has 0 radical (unpaired) electrons. The van der Waals surface area contributed by atoms with Crippen LogP contribution >= 0.6 is 8.58 Å². The van der Waals surface area contributed by atoms with Crippen molar-refractivity contribution in [3.63, 3.8) is 0 Å². The Bertz CT molecular complexity index is 294. The lowest BCUT2D eigenvalue weighted by atomic mass is 10.1. The molecule has 0 saturated carbocycles. The summed E-state index contributed by atoms with van der Waals surface area (Å²) in [7, 11) is 1.17. The topological polar surface area (TPSA) is 0 Å². The Morgan fingerprint density at radius 1 is 0.700 bits per heavy atom.